The SMILES string of the molecule is CCS(=O)(=O)CCCN1CCC(NC)c2ccccc21. The summed E-state index contributed by atoms with van der Waals surface area (Å²) in [7, 11) is -0.861. The average Bonchev–Trinajstić information content (AvgIpc) is 2.47. The molecule has 0 spiro atoms. The zero-order valence-corrected chi connectivity index (χ0v) is 13.1. The lowest BCUT2D eigenvalue weighted by molar-refractivity contribution is 0.515. The molecule has 1 unspecified atom stereocenters. The molecule has 0 aromatic heterocycles. The van der Waals surface area contributed by atoms with Crippen LogP contribution in [-0.2, 0) is 9.84 Å². The van der Waals surface area contributed by atoms with Crippen molar-refractivity contribution in [1.29, 1.82) is 0 Å². The smallest absolute Gasteiger partial charge is 0.150 e. The molecule has 1 N–H and O–H groups in total. The Hall–Kier alpha value is -1.07. The third-order valence-electron chi connectivity index (χ3n) is 4.01. The van der Waals surface area contributed by atoms with Crippen LogP contribution in [0.3, 0.4) is 0 Å². The van der Waals surface area contributed by atoms with Gasteiger partial charge in [0.25, 0.3) is 0 Å². The third-order valence-corrected chi connectivity index (χ3v) is 5.80. The molecular weight excluding hydrogens is 272 g/mol. The van der Waals surface area contributed by atoms with Crippen molar-refractivity contribution in [1.82, 2.24) is 5.32 Å². The van der Waals surface area contributed by atoms with E-state index in [0.717, 1.165) is 19.5 Å². The summed E-state index contributed by atoms with van der Waals surface area (Å²) >= 11 is 0. The molecule has 1 aromatic rings. The Kier molecular flexibility index (Phi) is 5.05. The molecule has 0 aliphatic carbocycles. The number of hydrogen-bond donors (Lipinski definition) is 1. The van der Waals surface area contributed by atoms with E-state index < -0.39 is 9.84 Å². The van der Waals surface area contributed by atoms with Crippen LogP contribution >= 0.6 is 0 Å². The lowest BCUT2D eigenvalue weighted by Crippen LogP contribution is -2.36. The first-order valence-corrected chi connectivity index (χ1v) is 9.11. The molecular formula is C15H24N2O2S. The summed E-state index contributed by atoms with van der Waals surface area (Å²) in [5.41, 5.74) is 2.56. The molecule has 5 heteroatoms. The van der Waals surface area contributed by atoms with Crippen molar-refractivity contribution in [3.63, 3.8) is 0 Å². The lowest BCUT2D eigenvalue weighted by Gasteiger charge is -2.35. The molecule has 1 heterocycles. The first kappa shape index (κ1) is 15.3. The summed E-state index contributed by atoms with van der Waals surface area (Å²) in [6.45, 7) is 3.50. The molecule has 1 aliphatic rings. The van der Waals surface area contributed by atoms with Gasteiger partial charge < -0.3 is 10.2 Å². The van der Waals surface area contributed by atoms with Crippen LogP contribution in [0.1, 0.15) is 31.4 Å². The van der Waals surface area contributed by atoms with E-state index in [-0.39, 0.29) is 11.5 Å². The van der Waals surface area contributed by atoms with Gasteiger partial charge in [0.15, 0.2) is 0 Å². The second-order valence-corrected chi connectivity index (χ2v) is 7.74. The Morgan fingerprint density at radius 2 is 2.10 bits per heavy atom. The van der Waals surface area contributed by atoms with Gasteiger partial charge in [-0.25, -0.2) is 8.42 Å². The van der Waals surface area contributed by atoms with E-state index >= 15 is 0 Å². The molecule has 0 fully saturated rings. The van der Waals surface area contributed by atoms with Gasteiger partial charge in [-0.05, 0) is 31.5 Å². The van der Waals surface area contributed by atoms with Crippen molar-refractivity contribution < 1.29 is 8.42 Å². The van der Waals surface area contributed by atoms with E-state index in [1.165, 1.54) is 11.3 Å². The van der Waals surface area contributed by atoms with Crippen LogP contribution in [0.25, 0.3) is 0 Å². The van der Waals surface area contributed by atoms with Gasteiger partial charge in [0.2, 0.25) is 0 Å². The molecule has 1 atom stereocenters. The minimum atomic E-state index is -2.85. The van der Waals surface area contributed by atoms with Crippen molar-refractivity contribution in [2.75, 3.05) is 36.5 Å². The molecule has 4 nitrogen and oxygen atoms in total. The number of sulfone groups is 1. The Balaban J connectivity index is 2.04. The summed E-state index contributed by atoms with van der Waals surface area (Å²) < 4.78 is 23.1. The second-order valence-electron chi connectivity index (χ2n) is 5.27. The van der Waals surface area contributed by atoms with Gasteiger partial charge in [-0.15, -0.1) is 0 Å². The number of anilines is 1. The predicted octanol–water partition coefficient (Wildman–Crippen LogP) is 1.98. The first-order chi connectivity index (χ1) is 9.57. The monoisotopic (exact) mass is 296 g/mol. The average molecular weight is 296 g/mol. The van der Waals surface area contributed by atoms with E-state index in [1.807, 2.05) is 13.1 Å². The Labute approximate surface area is 122 Å². The van der Waals surface area contributed by atoms with E-state index in [2.05, 4.69) is 28.4 Å². The molecule has 1 aromatic carbocycles. The molecule has 20 heavy (non-hydrogen) atoms. The normalized spacial score (nSPS) is 18.9. The summed E-state index contributed by atoms with van der Waals surface area (Å²) in [5, 5.41) is 3.35. The molecule has 0 saturated heterocycles. The van der Waals surface area contributed by atoms with Gasteiger partial charge >= 0.3 is 0 Å². The van der Waals surface area contributed by atoms with Crippen molar-refractivity contribution in [3.05, 3.63) is 29.8 Å². The zero-order chi connectivity index (χ0) is 14.6. The predicted molar refractivity (Wildman–Crippen MR) is 84.0 cm³/mol. The van der Waals surface area contributed by atoms with Crippen LogP contribution in [0.2, 0.25) is 0 Å². The van der Waals surface area contributed by atoms with Gasteiger partial charge in [-0.3, -0.25) is 0 Å². The fourth-order valence-corrected chi connectivity index (χ4v) is 3.64. The van der Waals surface area contributed by atoms with Crippen LogP contribution in [0, 0.1) is 0 Å². The lowest BCUT2D eigenvalue weighted by atomic mass is 9.96. The van der Waals surface area contributed by atoms with Crippen molar-refractivity contribution in [2.24, 2.45) is 0 Å². The largest absolute Gasteiger partial charge is 0.371 e. The number of nitrogens with zero attached hydrogens (tertiary/aromatic N) is 1. The molecule has 112 valence electrons. The van der Waals surface area contributed by atoms with E-state index in [9.17, 15) is 8.42 Å². The summed E-state index contributed by atoms with van der Waals surface area (Å²) in [5.74, 6) is 0.531. The summed E-state index contributed by atoms with van der Waals surface area (Å²) in [6, 6.07) is 8.81. The molecule has 0 bridgehead atoms. The molecule has 2 rings (SSSR count). The highest BCUT2D eigenvalue weighted by atomic mass is 32.2. The molecule has 0 radical (unpaired) electrons. The Bertz CT molecular complexity index is 543. The van der Waals surface area contributed by atoms with E-state index in [0.29, 0.717) is 12.5 Å². The van der Waals surface area contributed by atoms with Gasteiger partial charge in [0.1, 0.15) is 9.84 Å². The van der Waals surface area contributed by atoms with Crippen LogP contribution in [-0.4, -0.2) is 40.1 Å². The third kappa shape index (κ3) is 3.52. The van der Waals surface area contributed by atoms with Crippen LogP contribution in [0.15, 0.2) is 24.3 Å². The van der Waals surface area contributed by atoms with Crippen LogP contribution < -0.4 is 10.2 Å². The van der Waals surface area contributed by atoms with Crippen molar-refractivity contribution in [2.45, 2.75) is 25.8 Å². The van der Waals surface area contributed by atoms with E-state index in [4.69, 9.17) is 0 Å². The standard InChI is InChI=1S/C15H24N2O2S/c1-3-20(18,19)12-6-10-17-11-9-14(16-2)13-7-4-5-8-15(13)17/h4-5,7-8,14,16H,3,6,9-12H2,1-2H3. The first-order valence-electron chi connectivity index (χ1n) is 7.29. The van der Waals surface area contributed by atoms with Gasteiger partial charge in [0, 0.05) is 30.6 Å². The maximum Gasteiger partial charge on any atom is 0.150 e. The van der Waals surface area contributed by atoms with Gasteiger partial charge in [-0.1, -0.05) is 25.1 Å². The molecule has 1 aliphatic heterocycles. The zero-order valence-electron chi connectivity index (χ0n) is 12.3. The maximum atomic E-state index is 11.6. The summed E-state index contributed by atoms with van der Waals surface area (Å²) in [6.07, 6.45) is 1.77. The topological polar surface area (TPSA) is 49.4 Å². The highest BCUT2D eigenvalue weighted by molar-refractivity contribution is 7.91. The highest BCUT2D eigenvalue weighted by Gasteiger charge is 2.23. The number of nitrogens with one attached hydrogen (secondary N) is 1. The quantitative estimate of drug-likeness (QED) is 0.872. The summed E-state index contributed by atoms with van der Waals surface area (Å²) in [4.78, 5) is 2.31. The minimum Gasteiger partial charge on any atom is -0.371 e. The number of fused-ring (bicyclic) bond motifs is 1. The second kappa shape index (κ2) is 6.59. The Morgan fingerprint density at radius 3 is 2.80 bits per heavy atom. The van der Waals surface area contributed by atoms with E-state index in [1.54, 1.807) is 6.92 Å². The molecule has 0 amide bonds. The fourth-order valence-electron chi connectivity index (χ4n) is 2.78. The number of para-hydroxylation sites is 1. The number of rotatable bonds is 6. The highest BCUT2D eigenvalue weighted by Crippen LogP contribution is 2.33. The Morgan fingerprint density at radius 1 is 1.35 bits per heavy atom. The number of hydrogen-bond acceptors (Lipinski definition) is 4. The number of benzene rings is 1. The minimum absolute atomic E-state index is 0.241. The van der Waals surface area contributed by atoms with Gasteiger partial charge in [-0.2, -0.15) is 0 Å². The van der Waals surface area contributed by atoms with Crippen LogP contribution in [0.4, 0.5) is 5.69 Å². The molecule has 0 saturated carbocycles. The van der Waals surface area contributed by atoms with Crippen molar-refractivity contribution in [3.8, 4) is 0 Å². The maximum absolute atomic E-state index is 11.6. The van der Waals surface area contributed by atoms with Gasteiger partial charge in [0.05, 0.1) is 5.75 Å². The fraction of sp³-hybridized carbons (Fsp3) is 0.600. The van der Waals surface area contributed by atoms with Crippen LogP contribution in [0.5, 0.6) is 0 Å². The van der Waals surface area contributed by atoms with Crippen molar-refractivity contribution >= 4 is 15.5 Å².